The molecule has 0 heterocycles. The predicted octanol–water partition coefficient (Wildman–Crippen LogP) is 1.26. The number of rotatable bonds is 3. The second kappa shape index (κ2) is 4.36. The second-order valence-electron chi connectivity index (χ2n) is 2.29. The van der Waals surface area contributed by atoms with Crippen LogP contribution in [0, 0.1) is 0 Å². The maximum atomic E-state index is 10.6. The highest BCUT2D eigenvalue weighted by Gasteiger charge is 1.98. The van der Waals surface area contributed by atoms with Crippen molar-refractivity contribution in [3.63, 3.8) is 0 Å². The number of unbranched alkanes of at least 4 members (excludes halogenated alkanes) is 1. The molecule has 0 bridgehead atoms. The Morgan fingerprint density at radius 3 is 2.44 bits per heavy atom. The van der Waals surface area contributed by atoms with Crippen molar-refractivity contribution >= 4 is 5.91 Å². The van der Waals surface area contributed by atoms with Gasteiger partial charge in [-0.3, -0.25) is 4.79 Å². The van der Waals surface area contributed by atoms with E-state index in [1.165, 1.54) is 0 Å². The van der Waals surface area contributed by atoms with Crippen molar-refractivity contribution in [2.24, 2.45) is 0 Å². The van der Waals surface area contributed by atoms with Crippen molar-refractivity contribution in [2.75, 3.05) is 13.6 Å². The van der Waals surface area contributed by atoms with E-state index in [0.29, 0.717) is 0 Å². The molecule has 0 aromatic heterocycles. The molecule has 54 valence electrons. The van der Waals surface area contributed by atoms with Gasteiger partial charge < -0.3 is 4.90 Å². The molecular formula is C7H15NO. The summed E-state index contributed by atoms with van der Waals surface area (Å²) >= 11 is 0. The zero-order valence-electron chi connectivity index (χ0n) is 6.48. The number of carbonyl (C=O) groups is 1. The summed E-state index contributed by atoms with van der Waals surface area (Å²) in [5, 5.41) is 0. The molecule has 0 rings (SSSR count). The van der Waals surface area contributed by atoms with Gasteiger partial charge in [0.25, 0.3) is 0 Å². The largest absolute Gasteiger partial charge is 0.346 e. The number of hydrogen-bond donors (Lipinski definition) is 0. The Morgan fingerprint density at radius 1 is 1.56 bits per heavy atom. The lowest BCUT2D eigenvalue weighted by atomic mass is 10.3. The van der Waals surface area contributed by atoms with Gasteiger partial charge in [0.05, 0.1) is 0 Å². The van der Waals surface area contributed by atoms with Crippen LogP contribution in [0.1, 0.15) is 26.7 Å². The van der Waals surface area contributed by atoms with Gasteiger partial charge in [-0.05, 0) is 6.42 Å². The van der Waals surface area contributed by atoms with E-state index in [1.807, 2.05) is 7.05 Å². The molecule has 0 fully saturated rings. The monoisotopic (exact) mass is 129 g/mol. The summed E-state index contributed by atoms with van der Waals surface area (Å²) < 4.78 is 0. The van der Waals surface area contributed by atoms with Gasteiger partial charge in [0.2, 0.25) is 5.91 Å². The van der Waals surface area contributed by atoms with Gasteiger partial charge >= 0.3 is 0 Å². The number of amides is 1. The summed E-state index contributed by atoms with van der Waals surface area (Å²) in [6, 6.07) is 0. The van der Waals surface area contributed by atoms with E-state index in [4.69, 9.17) is 0 Å². The Hall–Kier alpha value is -0.530. The minimum Gasteiger partial charge on any atom is -0.346 e. The molecule has 1 amide bonds. The summed E-state index contributed by atoms with van der Waals surface area (Å²) in [7, 11) is 1.83. The Balaban J connectivity index is 3.27. The molecule has 0 aliphatic heterocycles. The quantitative estimate of drug-likeness (QED) is 0.562. The highest BCUT2D eigenvalue weighted by molar-refractivity contribution is 5.72. The molecular weight excluding hydrogens is 114 g/mol. The van der Waals surface area contributed by atoms with E-state index in [9.17, 15) is 4.79 Å². The molecule has 0 radical (unpaired) electrons. The van der Waals surface area contributed by atoms with Crippen LogP contribution in [0.3, 0.4) is 0 Å². The van der Waals surface area contributed by atoms with Crippen LogP contribution in [0.15, 0.2) is 0 Å². The minimum absolute atomic E-state index is 0.156. The molecule has 0 aliphatic carbocycles. The first-order valence-electron chi connectivity index (χ1n) is 3.40. The lowest BCUT2D eigenvalue weighted by Crippen LogP contribution is -2.24. The van der Waals surface area contributed by atoms with Crippen molar-refractivity contribution in [2.45, 2.75) is 26.7 Å². The van der Waals surface area contributed by atoms with Crippen LogP contribution in [0.2, 0.25) is 0 Å². The number of carbonyl (C=O) groups excluding carboxylic acids is 1. The molecule has 0 N–H and O–H groups in total. The summed E-state index contributed by atoms with van der Waals surface area (Å²) in [4.78, 5) is 12.3. The molecule has 0 atom stereocenters. The van der Waals surface area contributed by atoms with Crippen LogP contribution in [0.4, 0.5) is 0 Å². The van der Waals surface area contributed by atoms with Crippen LogP contribution < -0.4 is 0 Å². The predicted molar refractivity (Wildman–Crippen MR) is 38.2 cm³/mol. The van der Waals surface area contributed by atoms with E-state index < -0.39 is 0 Å². The maximum absolute atomic E-state index is 10.6. The molecule has 0 aliphatic rings. The fourth-order valence-electron chi connectivity index (χ4n) is 0.553. The van der Waals surface area contributed by atoms with Crippen molar-refractivity contribution < 1.29 is 4.79 Å². The van der Waals surface area contributed by atoms with Crippen molar-refractivity contribution in [3.8, 4) is 0 Å². The third kappa shape index (κ3) is 4.01. The van der Waals surface area contributed by atoms with Gasteiger partial charge in [-0.1, -0.05) is 13.3 Å². The lowest BCUT2D eigenvalue weighted by molar-refractivity contribution is -0.127. The lowest BCUT2D eigenvalue weighted by Gasteiger charge is -2.12. The Kier molecular flexibility index (Phi) is 4.10. The third-order valence-corrected chi connectivity index (χ3v) is 1.38. The number of nitrogens with zero attached hydrogens (tertiary/aromatic N) is 1. The summed E-state index contributed by atoms with van der Waals surface area (Å²) in [5.41, 5.74) is 0. The summed E-state index contributed by atoms with van der Waals surface area (Å²) in [6.07, 6.45) is 2.26. The molecule has 2 heteroatoms. The maximum Gasteiger partial charge on any atom is 0.219 e. The molecule has 9 heavy (non-hydrogen) atoms. The van der Waals surface area contributed by atoms with Crippen LogP contribution in [-0.2, 0) is 4.79 Å². The van der Waals surface area contributed by atoms with Crippen molar-refractivity contribution in [1.82, 2.24) is 4.90 Å². The SMILES string of the molecule is CCCCN(C)C(C)=O. The normalized spacial score (nSPS) is 9.22. The van der Waals surface area contributed by atoms with Crippen molar-refractivity contribution in [3.05, 3.63) is 0 Å². The summed E-state index contributed by atoms with van der Waals surface area (Å²) in [6.45, 7) is 4.61. The molecule has 0 saturated heterocycles. The number of hydrogen-bond acceptors (Lipinski definition) is 1. The van der Waals surface area contributed by atoms with Gasteiger partial charge in [0.1, 0.15) is 0 Å². The van der Waals surface area contributed by atoms with E-state index in [-0.39, 0.29) is 5.91 Å². The summed E-state index contributed by atoms with van der Waals surface area (Å²) in [5.74, 6) is 0.156. The van der Waals surface area contributed by atoms with Gasteiger partial charge in [-0.15, -0.1) is 0 Å². The fourth-order valence-corrected chi connectivity index (χ4v) is 0.553. The Bertz CT molecular complexity index is 90.9. The molecule has 0 aromatic rings. The van der Waals surface area contributed by atoms with Crippen LogP contribution in [-0.4, -0.2) is 24.4 Å². The smallest absolute Gasteiger partial charge is 0.219 e. The van der Waals surface area contributed by atoms with Gasteiger partial charge in [-0.2, -0.15) is 0 Å². The standard InChI is InChI=1S/C7H15NO/c1-4-5-6-8(3)7(2)9/h4-6H2,1-3H3. The van der Waals surface area contributed by atoms with Crippen LogP contribution >= 0.6 is 0 Å². The second-order valence-corrected chi connectivity index (χ2v) is 2.29. The topological polar surface area (TPSA) is 20.3 Å². The van der Waals surface area contributed by atoms with Crippen molar-refractivity contribution in [1.29, 1.82) is 0 Å². The Labute approximate surface area is 56.9 Å². The van der Waals surface area contributed by atoms with E-state index >= 15 is 0 Å². The Morgan fingerprint density at radius 2 is 2.11 bits per heavy atom. The first kappa shape index (κ1) is 8.47. The average molecular weight is 129 g/mol. The van der Waals surface area contributed by atoms with Crippen LogP contribution in [0.5, 0.6) is 0 Å². The molecule has 0 aromatic carbocycles. The average Bonchev–Trinajstić information content (AvgIpc) is 1.82. The van der Waals surface area contributed by atoms with E-state index in [2.05, 4.69) is 6.92 Å². The van der Waals surface area contributed by atoms with E-state index in [1.54, 1.807) is 11.8 Å². The highest BCUT2D eigenvalue weighted by atomic mass is 16.2. The highest BCUT2D eigenvalue weighted by Crippen LogP contribution is 1.90. The van der Waals surface area contributed by atoms with Crippen LogP contribution in [0.25, 0.3) is 0 Å². The zero-order valence-corrected chi connectivity index (χ0v) is 6.48. The minimum atomic E-state index is 0.156. The van der Waals surface area contributed by atoms with Gasteiger partial charge in [0, 0.05) is 20.5 Å². The van der Waals surface area contributed by atoms with E-state index in [0.717, 1.165) is 19.4 Å². The van der Waals surface area contributed by atoms with Gasteiger partial charge in [0.15, 0.2) is 0 Å². The first-order chi connectivity index (χ1) is 4.18. The molecule has 0 saturated carbocycles. The third-order valence-electron chi connectivity index (χ3n) is 1.38. The molecule has 2 nitrogen and oxygen atoms in total. The fraction of sp³-hybridized carbons (Fsp3) is 0.857. The molecule has 0 unspecified atom stereocenters. The first-order valence-corrected chi connectivity index (χ1v) is 3.40. The van der Waals surface area contributed by atoms with Gasteiger partial charge in [-0.25, -0.2) is 0 Å². The molecule has 0 spiro atoms. The zero-order chi connectivity index (χ0) is 7.28.